The van der Waals surface area contributed by atoms with Crippen LogP contribution in [0.5, 0.6) is 0 Å². The van der Waals surface area contributed by atoms with Gasteiger partial charge in [0.2, 0.25) is 5.91 Å². The Bertz CT molecular complexity index is 1330. The molecule has 1 amide bonds. The Balaban J connectivity index is 0.00000533. The normalized spacial score (nSPS) is 14.6. The maximum atomic E-state index is 12.9. The van der Waals surface area contributed by atoms with Gasteiger partial charge in [0, 0.05) is 12.8 Å². The van der Waals surface area contributed by atoms with Gasteiger partial charge < -0.3 is 20.1 Å². The Kier molecular flexibility index (Phi) is 12.8. The van der Waals surface area contributed by atoms with E-state index in [9.17, 15) is 24.2 Å². The van der Waals surface area contributed by atoms with Crippen LogP contribution in [0.3, 0.4) is 0 Å². The summed E-state index contributed by atoms with van der Waals surface area (Å²) < 4.78 is 22.7. The molecule has 39 heavy (non-hydrogen) atoms. The quantitative estimate of drug-likeness (QED) is 0.106. The second-order valence-corrected chi connectivity index (χ2v) is 11.0. The largest absolute Gasteiger partial charge is 1.00 e. The molecule has 3 aromatic carbocycles. The van der Waals surface area contributed by atoms with Gasteiger partial charge in [-0.1, -0.05) is 86.6 Å². The zero-order chi connectivity index (χ0) is 27.7. The van der Waals surface area contributed by atoms with Crippen LogP contribution in [-0.2, 0) is 36.3 Å². The van der Waals surface area contributed by atoms with Gasteiger partial charge in [-0.15, -0.1) is 0 Å². The van der Waals surface area contributed by atoms with Crippen LogP contribution in [0, 0.1) is 5.92 Å². The van der Waals surface area contributed by atoms with Gasteiger partial charge in [0.25, 0.3) is 0 Å². The molecule has 0 aromatic heterocycles. The molecule has 0 fully saturated rings. The van der Waals surface area contributed by atoms with Crippen molar-refractivity contribution in [1.82, 2.24) is 5.32 Å². The SMILES string of the molecule is COC(=O)[C@H](Cc1ccccc1)OP(=O)(O)CNC(=O)[C@@H](N=C([O-])Cc1cccc2ccccc12)C(C)C.[Na+]. The number of rotatable bonds is 12. The third-order valence-electron chi connectivity index (χ3n) is 5.88. The molecule has 11 heteroatoms. The summed E-state index contributed by atoms with van der Waals surface area (Å²) in [6.45, 7) is 3.45. The minimum Gasteiger partial charge on any atom is -0.862 e. The molecule has 3 atom stereocenters. The van der Waals surface area contributed by atoms with Crippen molar-refractivity contribution in [3.8, 4) is 0 Å². The molecular weight excluding hydrogens is 530 g/mol. The number of methoxy groups -OCH3 is 1. The molecule has 9 nitrogen and oxygen atoms in total. The molecule has 0 aliphatic heterocycles. The van der Waals surface area contributed by atoms with Gasteiger partial charge in [0.15, 0.2) is 6.10 Å². The summed E-state index contributed by atoms with van der Waals surface area (Å²) in [5.74, 6) is -2.34. The average molecular weight is 563 g/mol. The number of carbonyl (C=O) groups is 2. The molecule has 0 saturated carbocycles. The van der Waals surface area contributed by atoms with Crippen LogP contribution in [0.25, 0.3) is 10.8 Å². The predicted molar refractivity (Wildman–Crippen MR) is 144 cm³/mol. The Morgan fingerprint density at radius 2 is 1.67 bits per heavy atom. The fourth-order valence-electron chi connectivity index (χ4n) is 3.96. The van der Waals surface area contributed by atoms with Crippen LogP contribution in [0.1, 0.15) is 25.0 Å². The number of nitrogens with one attached hydrogen (secondary N) is 1. The summed E-state index contributed by atoms with van der Waals surface area (Å²) in [7, 11) is -3.30. The Hall–Kier alpha value is -2.52. The number of benzene rings is 3. The number of hydrogen-bond acceptors (Lipinski definition) is 7. The second-order valence-electron chi connectivity index (χ2n) is 9.17. The first kappa shape index (κ1) is 32.7. The zero-order valence-corrected chi connectivity index (χ0v) is 25.5. The van der Waals surface area contributed by atoms with E-state index in [1.165, 1.54) is 0 Å². The Labute approximate surface area is 250 Å². The van der Waals surface area contributed by atoms with E-state index in [2.05, 4.69) is 10.3 Å². The number of carbonyl (C=O) groups excluding carboxylic acids is 2. The van der Waals surface area contributed by atoms with Crippen molar-refractivity contribution < 1.29 is 63.0 Å². The van der Waals surface area contributed by atoms with Crippen molar-refractivity contribution in [2.75, 3.05) is 13.4 Å². The first-order valence-electron chi connectivity index (χ1n) is 12.2. The molecule has 2 N–H and O–H groups in total. The van der Waals surface area contributed by atoms with Gasteiger partial charge >= 0.3 is 43.1 Å². The van der Waals surface area contributed by atoms with Crippen LogP contribution in [0.4, 0.5) is 0 Å². The molecule has 202 valence electrons. The summed E-state index contributed by atoms with van der Waals surface area (Å²) >= 11 is 0. The van der Waals surface area contributed by atoms with E-state index >= 15 is 0 Å². The second kappa shape index (κ2) is 15.3. The van der Waals surface area contributed by atoms with E-state index < -0.39 is 43.8 Å². The Morgan fingerprint density at radius 1 is 1.03 bits per heavy atom. The average Bonchev–Trinajstić information content (AvgIpc) is 2.90. The number of nitrogens with zero attached hydrogens (tertiary/aromatic N) is 1. The first-order valence-corrected chi connectivity index (χ1v) is 14.0. The molecule has 0 aliphatic carbocycles. The molecule has 3 aromatic rings. The Morgan fingerprint density at radius 3 is 2.33 bits per heavy atom. The summed E-state index contributed by atoms with van der Waals surface area (Å²) in [5.41, 5.74) is 1.50. The molecule has 0 saturated heterocycles. The van der Waals surface area contributed by atoms with E-state index in [4.69, 9.17) is 9.26 Å². The van der Waals surface area contributed by atoms with E-state index in [0.29, 0.717) is 5.56 Å². The van der Waals surface area contributed by atoms with Crippen LogP contribution in [0.15, 0.2) is 77.8 Å². The number of fused-ring (bicyclic) bond motifs is 1. The minimum atomic E-state index is -4.45. The maximum absolute atomic E-state index is 12.9. The number of ether oxygens (including phenoxy) is 1. The molecule has 1 unspecified atom stereocenters. The van der Waals surface area contributed by atoms with Gasteiger partial charge in [0.1, 0.15) is 12.3 Å². The molecule has 0 bridgehead atoms. The number of hydrogen-bond donors (Lipinski definition) is 2. The van der Waals surface area contributed by atoms with E-state index in [-0.39, 0.29) is 48.3 Å². The molecule has 3 rings (SSSR count). The van der Waals surface area contributed by atoms with Crippen molar-refractivity contribution in [3.05, 3.63) is 83.9 Å². The van der Waals surface area contributed by atoms with Crippen LogP contribution >= 0.6 is 7.60 Å². The summed E-state index contributed by atoms with van der Waals surface area (Å²) in [6.07, 6.45) is -2.08. The van der Waals surface area contributed by atoms with Gasteiger partial charge in [-0.2, -0.15) is 0 Å². The van der Waals surface area contributed by atoms with Crippen molar-refractivity contribution in [2.24, 2.45) is 10.9 Å². The molecule has 0 heterocycles. The van der Waals surface area contributed by atoms with Crippen molar-refractivity contribution in [2.45, 2.75) is 38.8 Å². The fraction of sp³-hybridized carbons (Fsp3) is 0.321. The van der Waals surface area contributed by atoms with Crippen LogP contribution in [0.2, 0.25) is 0 Å². The number of aliphatic imine (C=N–C) groups is 1. The number of esters is 1. The van der Waals surface area contributed by atoms with Gasteiger partial charge in [0.05, 0.1) is 7.11 Å². The minimum absolute atomic E-state index is 0. The fourth-order valence-corrected chi connectivity index (χ4v) is 4.95. The van der Waals surface area contributed by atoms with E-state index in [0.717, 1.165) is 23.4 Å². The molecule has 0 aliphatic rings. The van der Waals surface area contributed by atoms with Gasteiger partial charge in [-0.25, -0.2) is 4.79 Å². The summed E-state index contributed by atoms with van der Waals surface area (Å²) in [5, 5.41) is 17.1. The molecular formula is C28H32N2NaO7P. The van der Waals surface area contributed by atoms with Crippen molar-refractivity contribution in [1.29, 1.82) is 0 Å². The predicted octanol–water partition coefficient (Wildman–Crippen LogP) is 0.230. The van der Waals surface area contributed by atoms with Crippen molar-refractivity contribution in [3.63, 3.8) is 0 Å². The standard InChI is InChI=1S/C28H33N2O7P.Na/c1-19(2)26(30-25(31)17-22-14-9-13-21-12-7-8-15-23(21)22)27(32)29-18-38(34,35)37-24(28(33)36-3)16-20-10-5-4-6-11-20;/h4-15,19,24,26H,16-18H2,1-3H3,(H,29,32)(H,30,31)(H,34,35);/q;+1/p-1/t24-,26-;/m0./s1. The van der Waals surface area contributed by atoms with E-state index in [1.807, 2.05) is 42.5 Å². The van der Waals surface area contributed by atoms with Crippen molar-refractivity contribution >= 4 is 36.1 Å². The van der Waals surface area contributed by atoms with Crippen LogP contribution < -0.4 is 40.0 Å². The molecule has 0 radical (unpaired) electrons. The maximum Gasteiger partial charge on any atom is 1.00 e. The monoisotopic (exact) mass is 562 g/mol. The number of amides is 1. The first-order chi connectivity index (χ1) is 18.1. The van der Waals surface area contributed by atoms with E-state index in [1.54, 1.807) is 44.2 Å². The summed E-state index contributed by atoms with van der Waals surface area (Å²) in [4.78, 5) is 39.5. The molecule has 0 spiro atoms. The zero-order valence-electron chi connectivity index (χ0n) is 22.6. The summed E-state index contributed by atoms with van der Waals surface area (Å²) in [6, 6.07) is 21.1. The van der Waals surface area contributed by atoms with Gasteiger partial charge in [-0.05, 0) is 33.7 Å². The van der Waals surface area contributed by atoms with Gasteiger partial charge in [-0.3, -0.25) is 18.9 Å². The van der Waals surface area contributed by atoms with Crippen LogP contribution in [-0.4, -0.2) is 48.2 Å². The third-order valence-corrected chi connectivity index (χ3v) is 7.02. The third kappa shape index (κ3) is 9.87. The smallest absolute Gasteiger partial charge is 0.862 e. The topological polar surface area (TPSA) is 137 Å².